The molecule has 1 heterocycles. The third-order valence-corrected chi connectivity index (χ3v) is 6.55. The number of methoxy groups -OCH3 is 1. The van der Waals surface area contributed by atoms with E-state index in [1.807, 2.05) is 0 Å². The van der Waals surface area contributed by atoms with Crippen LogP contribution in [0.3, 0.4) is 0 Å². The van der Waals surface area contributed by atoms with Crippen LogP contribution in [-0.2, 0) is 19.4 Å². The van der Waals surface area contributed by atoms with Crippen LogP contribution < -0.4 is 20.9 Å². The van der Waals surface area contributed by atoms with Crippen LogP contribution in [0, 0.1) is 11.8 Å². The predicted molar refractivity (Wildman–Crippen MR) is 107 cm³/mol. The maximum Gasteiger partial charge on any atom is 0.261 e. The van der Waals surface area contributed by atoms with Crippen LogP contribution in [0.1, 0.15) is 37.0 Å². The Labute approximate surface area is 170 Å². The number of benzene rings is 1. The van der Waals surface area contributed by atoms with Crippen LogP contribution in [0.4, 0.5) is 0 Å². The fourth-order valence-electron chi connectivity index (χ4n) is 3.06. The summed E-state index contributed by atoms with van der Waals surface area (Å²) in [6, 6.07) is 5.59. The minimum atomic E-state index is -3.06. The van der Waals surface area contributed by atoms with Gasteiger partial charge in [0.15, 0.2) is 9.84 Å². The van der Waals surface area contributed by atoms with E-state index in [0.29, 0.717) is 17.7 Å². The Balaban J connectivity index is 1.88. The van der Waals surface area contributed by atoms with E-state index >= 15 is 0 Å². The molecule has 29 heavy (non-hydrogen) atoms. The number of carbonyl (C=O) groups is 3. The summed E-state index contributed by atoms with van der Waals surface area (Å²) in [6.07, 6.45) is 0.459. The van der Waals surface area contributed by atoms with Crippen molar-refractivity contribution >= 4 is 27.6 Å². The molecule has 0 radical (unpaired) electrons. The zero-order chi connectivity index (χ0) is 21.6. The second kappa shape index (κ2) is 9.73. The molecule has 1 fully saturated rings. The van der Waals surface area contributed by atoms with E-state index in [4.69, 9.17) is 4.74 Å². The van der Waals surface area contributed by atoms with Crippen molar-refractivity contribution in [3.8, 4) is 5.75 Å². The fourth-order valence-corrected chi connectivity index (χ4v) is 4.92. The molecular formula is C19H27N3O6S. The highest BCUT2D eigenvalue weighted by Crippen LogP contribution is 2.21. The van der Waals surface area contributed by atoms with Gasteiger partial charge in [0.05, 0.1) is 18.6 Å². The molecule has 2 rings (SSSR count). The molecule has 0 aliphatic carbocycles. The molecule has 1 aromatic rings. The second-order valence-electron chi connectivity index (χ2n) is 7.43. The van der Waals surface area contributed by atoms with Gasteiger partial charge in [0, 0.05) is 12.0 Å². The lowest BCUT2D eigenvalue weighted by atomic mass is 10.0. The molecular weight excluding hydrogens is 398 g/mol. The maximum absolute atomic E-state index is 12.4. The van der Waals surface area contributed by atoms with Crippen molar-refractivity contribution in [2.24, 2.45) is 11.8 Å². The number of hydrogen-bond acceptors (Lipinski definition) is 6. The van der Waals surface area contributed by atoms with Gasteiger partial charge in [-0.2, -0.15) is 0 Å². The Morgan fingerprint density at radius 2 is 1.79 bits per heavy atom. The summed E-state index contributed by atoms with van der Waals surface area (Å²) >= 11 is 0. The van der Waals surface area contributed by atoms with E-state index in [2.05, 4.69) is 16.2 Å². The highest BCUT2D eigenvalue weighted by Gasteiger charge is 2.30. The van der Waals surface area contributed by atoms with Crippen molar-refractivity contribution in [3.63, 3.8) is 0 Å². The zero-order valence-corrected chi connectivity index (χ0v) is 17.5. The summed E-state index contributed by atoms with van der Waals surface area (Å²) in [5.41, 5.74) is 4.98. The van der Waals surface area contributed by atoms with Gasteiger partial charge >= 0.3 is 0 Å². The third-order valence-electron chi connectivity index (χ3n) is 4.71. The number of sulfone groups is 1. The van der Waals surface area contributed by atoms with E-state index in [0.717, 1.165) is 0 Å². The van der Waals surface area contributed by atoms with Gasteiger partial charge in [-0.05, 0) is 42.5 Å². The first-order valence-electron chi connectivity index (χ1n) is 9.35. The lowest BCUT2D eigenvalue weighted by Gasteiger charge is -2.22. The van der Waals surface area contributed by atoms with Crippen LogP contribution in [0.5, 0.6) is 5.75 Å². The Morgan fingerprint density at radius 1 is 1.14 bits per heavy atom. The van der Waals surface area contributed by atoms with Crippen LogP contribution in [-0.4, -0.2) is 50.8 Å². The fraction of sp³-hybridized carbons (Fsp3) is 0.526. The topological polar surface area (TPSA) is 131 Å². The van der Waals surface area contributed by atoms with Gasteiger partial charge in [0.2, 0.25) is 5.91 Å². The Hall–Kier alpha value is -2.62. The van der Waals surface area contributed by atoms with Gasteiger partial charge in [0.1, 0.15) is 11.8 Å². The molecule has 0 unspecified atom stereocenters. The van der Waals surface area contributed by atoms with Crippen molar-refractivity contribution in [2.45, 2.75) is 32.7 Å². The van der Waals surface area contributed by atoms with Crippen LogP contribution in [0.25, 0.3) is 0 Å². The number of ether oxygens (including phenoxy) is 1. The van der Waals surface area contributed by atoms with E-state index in [1.165, 1.54) is 7.11 Å². The highest BCUT2D eigenvalue weighted by molar-refractivity contribution is 7.91. The first-order valence-corrected chi connectivity index (χ1v) is 11.2. The molecule has 9 nitrogen and oxygen atoms in total. The average Bonchev–Trinajstić information content (AvgIpc) is 3.01. The van der Waals surface area contributed by atoms with Crippen LogP contribution in [0.15, 0.2) is 24.3 Å². The largest absolute Gasteiger partial charge is 0.497 e. The number of hydrogen-bond donors (Lipinski definition) is 3. The number of amides is 3. The van der Waals surface area contributed by atoms with Gasteiger partial charge in [-0.25, -0.2) is 8.42 Å². The number of carbonyl (C=O) groups excluding carboxylic acids is 3. The molecule has 2 atom stereocenters. The molecule has 0 aromatic heterocycles. The smallest absolute Gasteiger partial charge is 0.261 e. The van der Waals surface area contributed by atoms with Crippen LogP contribution >= 0.6 is 0 Å². The molecule has 1 aromatic carbocycles. The summed E-state index contributed by atoms with van der Waals surface area (Å²) < 4.78 is 28.0. The normalized spacial score (nSPS) is 18.7. The van der Waals surface area contributed by atoms with Gasteiger partial charge in [-0.1, -0.05) is 13.8 Å². The first-order chi connectivity index (χ1) is 13.6. The van der Waals surface area contributed by atoms with Crippen LogP contribution in [0.2, 0.25) is 0 Å². The third kappa shape index (κ3) is 6.74. The monoisotopic (exact) mass is 425 g/mol. The van der Waals surface area contributed by atoms with E-state index in [1.54, 1.807) is 38.1 Å². The summed E-state index contributed by atoms with van der Waals surface area (Å²) in [5.74, 6) is -1.24. The van der Waals surface area contributed by atoms with E-state index in [-0.39, 0.29) is 29.8 Å². The SMILES string of the molecule is COc1ccc(C(=O)N[C@H](C(=O)NNC(=O)C[C@H]2CCS(=O)(=O)C2)C(C)C)cc1. The molecule has 3 N–H and O–H groups in total. The van der Waals surface area contributed by atoms with Gasteiger partial charge in [-0.15, -0.1) is 0 Å². The quantitative estimate of drug-likeness (QED) is 0.543. The second-order valence-corrected chi connectivity index (χ2v) is 9.66. The molecule has 1 saturated heterocycles. The lowest BCUT2D eigenvalue weighted by molar-refractivity contribution is -0.130. The molecule has 0 spiro atoms. The van der Waals surface area contributed by atoms with Crippen molar-refractivity contribution in [1.29, 1.82) is 0 Å². The average molecular weight is 426 g/mol. The molecule has 3 amide bonds. The lowest BCUT2D eigenvalue weighted by Crippen LogP contribution is -2.54. The van der Waals surface area contributed by atoms with Crippen molar-refractivity contribution in [3.05, 3.63) is 29.8 Å². The Morgan fingerprint density at radius 3 is 2.31 bits per heavy atom. The Bertz CT molecular complexity index is 851. The zero-order valence-electron chi connectivity index (χ0n) is 16.7. The van der Waals surface area contributed by atoms with Gasteiger partial charge in [-0.3, -0.25) is 25.2 Å². The van der Waals surface area contributed by atoms with E-state index < -0.39 is 33.6 Å². The molecule has 10 heteroatoms. The minimum Gasteiger partial charge on any atom is -0.497 e. The predicted octanol–water partition coefficient (Wildman–Crippen LogP) is 0.422. The molecule has 0 bridgehead atoms. The van der Waals surface area contributed by atoms with E-state index in [9.17, 15) is 22.8 Å². The van der Waals surface area contributed by atoms with Gasteiger partial charge < -0.3 is 10.1 Å². The summed E-state index contributed by atoms with van der Waals surface area (Å²) in [4.78, 5) is 36.8. The van der Waals surface area contributed by atoms with Gasteiger partial charge in [0.25, 0.3) is 11.8 Å². The minimum absolute atomic E-state index is 0.0130. The van der Waals surface area contributed by atoms with Crippen molar-refractivity contribution < 1.29 is 27.5 Å². The molecule has 1 aliphatic heterocycles. The summed E-state index contributed by atoms with van der Waals surface area (Å²) in [5, 5.41) is 2.66. The number of nitrogens with one attached hydrogen (secondary N) is 3. The molecule has 160 valence electrons. The highest BCUT2D eigenvalue weighted by atomic mass is 32.2. The van der Waals surface area contributed by atoms with Crippen molar-refractivity contribution in [1.82, 2.24) is 16.2 Å². The summed E-state index contributed by atoms with van der Waals surface area (Å²) in [7, 11) is -1.54. The number of hydrazine groups is 1. The van der Waals surface area contributed by atoms with Crippen molar-refractivity contribution in [2.75, 3.05) is 18.6 Å². The first kappa shape index (κ1) is 22.7. The standard InChI is InChI=1S/C19H27N3O6S/c1-12(2)17(20-18(24)14-4-6-15(28-3)7-5-14)19(25)22-21-16(23)10-13-8-9-29(26,27)11-13/h4-7,12-13,17H,8-11H2,1-3H3,(H,20,24)(H,21,23)(H,22,25)/t13-,17+/m1/s1. The molecule has 1 aliphatic rings. The summed E-state index contributed by atoms with van der Waals surface area (Å²) in [6.45, 7) is 3.54. The number of rotatable bonds is 7. The maximum atomic E-state index is 12.4. The Kier molecular flexibility index (Phi) is 7.60. The molecule has 0 saturated carbocycles.